The Hall–Kier alpha value is -1.96. The molecule has 2 aromatic rings. The fraction of sp³-hybridized carbons (Fsp3) is 0.538. The predicted octanol–water partition coefficient (Wildman–Crippen LogP) is 4.74. The summed E-state index contributed by atoms with van der Waals surface area (Å²) in [6.45, 7) is 5.62. The van der Waals surface area contributed by atoms with E-state index in [-0.39, 0.29) is 18.4 Å². The number of halogens is 1. The Morgan fingerprint density at radius 1 is 0.970 bits per heavy atom. The predicted molar refractivity (Wildman–Crippen MR) is 128 cm³/mol. The Morgan fingerprint density at radius 2 is 1.70 bits per heavy atom. The molecule has 0 radical (unpaired) electrons. The summed E-state index contributed by atoms with van der Waals surface area (Å²) < 4.78 is 49.0. The summed E-state index contributed by atoms with van der Waals surface area (Å²) in [5, 5.41) is -0.569. The molecule has 2 aromatic carbocycles. The minimum Gasteiger partial charge on any atom is -0.381 e. The first kappa shape index (κ1) is 22.8. The van der Waals surface area contributed by atoms with Crippen LogP contribution in [0.2, 0.25) is 0 Å². The van der Waals surface area contributed by atoms with Crippen LogP contribution in [-0.4, -0.2) is 45.1 Å². The Kier molecular flexibility index (Phi) is 6.47. The molecule has 5 nitrogen and oxygen atoms in total. The van der Waals surface area contributed by atoms with E-state index in [4.69, 9.17) is 4.74 Å². The summed E-state index contributed by atoms with van der Waals surface area (Å²) >= 11 is 0. The van der Waals surface area contributed by atoms with Crippen molar-refractivity contribution in [1.82, 2.24) is 4.31 Å². The molecular weight excluding hydrogens is 439 g/mol. The molecule has 0 aliphatic carbocycles. The molecule has 1 unspecified atom stereocenters. The van der Waals surface area contributed by atoms with Gasteiger partial charge in [0, 0.05) is 50.1 Å². The highest BCUT2D eigenvalue weighted by atomic mass is 32.2. The Bertz CT molecular complexity index is 1070. The van der Waals surface area contributed by atoms with Gasteiger partial charge in [-0.15, -0.1) is 0 Å². The van der Waals surface area contributed by atoms with E-state index >= 15 is 4.39 Å². The zero-order chi connectivity index (χ0) is 23.0. The van der Waals surface area contributed by atoms with Gasteiger partial charge in [-0.3, -0.25) is 0 Å². The van der Waals surface area contributed by atoms with Crippen molar-refractivity contribution in [3.63, 3.8) is 0 Å². The van der Waals surface area contributed by atoms with E-state index in [0.717, 1.165) is 56.8 Å². The molecule has 3 aliphatic rings. The van der Waals surface area contributed by atoms with Crippen LogP contribution in [0, 0.1) is 17.7 Å². The van der Waals surface area contributed by atoms with Crippen LogP contribution in [0.15, 0.2) is 48.5 Å². The maximum atomic E-state index is 15.1. The van der Waals surface area contributed by atoms with Gasteiger partial charge >= 0.3 is 0 Å². The smallest absolute Gasteiger partial charge is 0.221 e. The third-order valence-electron chi connectivity index (χ3n) is 7.77. The summed E-state index contributed by atoms with van der Waals surface area (Å²) in [5.74, 6) is 1.04. The van der Waals surface area contributed by atoms with Crippen molar-refractivity contribution < 1.29 is 17.5 Å². The summed E-state index contributed by atoms with van der Waals surface area (Å²) in [4.78, 5) is 2.22. The number of nitrogens with zero attached hydrogens (tertiary/aromatic N) is 2. The second-order valence-electron chi connectivity index (χ2n) is 9.81. The molecule has 3 heterocycles. The highest BCUT2D eigenvalue weighted by Crippen LogP contribution is 2.39. The molecule has 0 amide bonds. The van der Waals surface area contributed by atoms with E-state index in [0.29, 0.717) is 23.8 Å². The van der Waals surface area contributed by atoms with Gasteiger partial charge in [-0.05, 0) is 62.1 Å². The first-order valence-electron chi connectivity index (χ1n) is 12.1. The van der Waals surface area contributed by atoms with E-state index in [1.54, 1.807) is 12.1 Å². The van der Waals surface area contributed by atoms with E-state index in [9.17, 15) is 8.42 Å². The van der Waals surface area contributed by atoms with Crippen molar-refractivity contribution in [3.8, 4) is 0 Å². The van der Waals surface area contributed by atoms with E-state index in [2.05, 4.69) is 4.90 Å². The maximum absolute atomic E-state index is 15.1. The van der Waals surface area contributed by atoms with Crippen LogP contribution < -0.4 is 4.90 Å². The van der Waals surface area contributed by atoms with Gasteiger partial charge in [0.2, 0.25) is 10.0 Å². The molecule has 2 atom stereocenters. The third-order valence-corrected chi connectivity index (χ3v) is 10.1. The van der Waals surface area contributed by atoms with Crippen LogP contribution in [0.3, 0.4) is 0 Å². The Balaban J connectivity index is 1.28. The first-order chi connectivity index (χ1) is 15.9. The van der Waals surface area contributed by atoms with E-state index in [1.165, 1.54) is 4.31 Å². The fourth-order valence-electron chi connectivity index (χ4n) is 5.59. The van der Waals surface area contributed by atoms with Crippen LogP contribution >= 0.6 is 0 Å². The molecule has 0 spiro atoms. The number of anilines is 1. The van der Waals surface area contributed by atoms with Gasteiger partial charge in [0.15, 0.2) is 0 Å². The number of rotatable bonds is 5. The molecule has 0 aromatic heterocycles. The molecule has 0 N–H and O–H groups in total. The average molecular weight is 473 g/mol. The van der Waals surface area contributed by atoms with Crippen molar-refractivity contribution in [3.05, 3.63) is 65.5 Å². The zero-order valence-corrected chi connectivity index (χ0v) is 20.0. The fourth-order valence-corrected chi connectivity index (χ4v) is 7.78. The molecule has 0 saturated carbocycles. The van der Waals surface area contributed by atoms with Gasteiger partial charge in [-0.25, -0.2) is 12.8 Å². The molecule has 3 fully saturated rings. The van der Waals surface area contributed by atoms with Crippen LogP contribution in [0.5, 0.6) is 0 Å². The number of hydrogen-bond donors (Lipinski definition) is 0. The highest BCUT2D eigenvalue weighted by Gasteiger charge is 2.41. The average Bonchev–Trinajstić information content (AvgIpc) is 2.78. The highest BCUT2D eigenvalue weighted by molar-refractivity contribution is 7.89. The van der Waals surface area contributed by atoms with E-state index < -0.39 is 15.3 Å². The SMILES string of the molecule is C[C@H]1CCC(c2ccccc2)S(=O)(=O)N1Cc1ccc(N2CC(C3CCOCC3)C2)cc1F. The second kappa shape index (κ2) is 9.35. The molecular formula is C26H33FN2O3S. The lowest BCUT2D eigenvalue weighted by molar-refractivity contribution is 0.0410. The minimum atomic E-state index is -3.58. The lowest BCUT2D eigenvalue weighted by Crippen LogP contribution is -2.51. The number of benzene rings is 2. The first-order valence-corrected chi connectivity index (χ1v) is 13.6. The number of ether oxygens (including phenoxy) is 1. The number of hydrogen-bond acceptors (Lipinski definition) is 4. The van der Waals surface area contributed by atoms with Crippen molar-refractivity contribution >= 4 is 15.7 Å². The Morgan fingerprint density at radius 3 is 2.39 bits per heavy atom. The molecule has 3 aliphatic heterocycles. The van der Waals surface area contributed by atoms with Crippen molar-refractivity contribution in [1.29, 1.82) is 0 Å². The maximum Gasteiger partial charge on any atom is 0.221 e. The van der Waals surface area contributed by atoms with Gasteiger partial charge in [-0.2, -0.15) is 4.31 Å². The number of sulfonamides is 1. The molecule has 7 heteroatoms. The molecule has 178 valence electrons. The second-order valence-corrected chi connectivity index (χ2v) is 11.9. The van der Waals surface area contributed by atoms with E-state index in [1.807, 2.05) is 43.3 Å². The standard InChI is InChI=1S/C26H33FN2O3S/c1-19-7-10-26(21-5-3-2-4-6-21)33(30,31)29(19)18-22-8-9-24(15-25(22)27)28-16-23(17-28)20-11-13-32-14-12-20/h2-6,8-9,15,19-20,23,26H,7,10-14,16-18H2,1H3/t19-,26?/m0/s1. The van der Waals surface area contributed by atoms with Crippen molar-refractivity contribution in [2.24, 2.45) is 11.8 Å². The lowest BCUT2D eigenvalue weighted by atomic mass is 9.80. The minimum absolute atomic E-state index is 0.0731. The quantitative estimate of drug-likeness (QED) is 0.631. The monoisotopic (exact) mass is 472 g/mol. The van der Waals surface area contributed by atoms with Gasteiger partial charge < -0.3 is 9.64 Å². The van der Waals surface area contributed by atoms with Crippen LogP contribution in [0.1, 0.15) is 49.0 Å². The van der Waals surface area contributed by atoms with Crippen LogP contribution in [0.4, 0.5) is 10.1 Å². The zero-order valence-electron chi connectivity index (χ0n) is 19.2. The lowest BCUT2D eigenvalue weighted by Gasteiger charge is -2.46. The third kappa shape index (κ3) is 4.55. The summed E-state index contributed by atoms with van der Waals surface area (Å²) in [5.41, 5.74) is 2.13. The van der Waals surface area contributed by atoms with Gasteiger partial charge in [0.05, 0.1) is 0 Å². The van der Waals surface area contributed by atoms with Gasteiger partial charge in [0.1, 0.15) is 11.1 Å². The molecule has 5 rings (SSSR count). The normalized spacial score (nSPS) is 26.8. The van der Waals surface area contributed by atoms with Crippen molar-refractivity contribution in [2.45, 2.75) is 50.4 Å². The van der Waals surface area contributed by atoms with Crippen molar-refractivity contribution in [2.75, 3.05) is 31.2 Å². The summed E-state index contributed by atoms with van der Waals surface area (Å²) in [7, 11) is -3.58. The Labute approximate surface area is 196 Å². The van der Waals surface area contributed by atoms with Gasteiger partial charge in [-0.1, -0.05) is 36.4 Å². The largest absolute Gasteiger partial charge is 0.381 e. The van der Waals surface area contributed by atoms with Crippen LogP contribution in [0.25, 0.3) is 0 Å². The summed E-state index contributed by atoms with van der Waals surface area (Å²) in [6, 6.07) is 14.5. The van der Waals surface area contributed by atoms with Crippen LogP contribution in [-0.2, 0) is 21.3 Å². The summed E-state index contributed by atoms with van der Waals surface area (Å²) in [6.07, 6.45) is 3.60. The molecule has 0 bridgehead atoms. The van der Waals surface area contributed by atoms with Gasteiger partial charge in [0.25, 0.3) is 0 Å². The topological polar surface area (TPSA) is 49.9 Å². The molecule has 3 saturated heterocycles. The molecule has 33 heavy (non-hydrogen) atoms.